The van der Waals surface area contributed by atoms with E-state index in [0.717, 1.165) is 44.1 Å². The second-order valence-corrected chi connectivity index (χ2v) is 8.44. The van der Waals surface area contributed by atoms with Gasteiger partial charge in [-0.3, -0.25) is 9.59 Å². The molecule has 23 heavy (non-hydrogen) atoms. The highest BCUT2D eigenvalue weighted by Gasteiger charge is 2.59. The van der Waals surface area contributed by atoms with E-state index in [9.17, 15) is 14.7 Å². The number of carbonyl (C=O) groups is 2. The largest absolute Gasteiger partial charge is 0.392 e. The number of rotatable bonds is 1. The number of allylic oxidation sites excluding steroid dienone is 3. The number of fused-ring (bicyclic) bond motifs is 5. The molecule has 0 aromatic rings. The van der Waals surface area contributed by atoms with Gasteiger partial charge in [-0.25, -0.2) is 0 Å². The minimum absolute atomic E-state index is 0.0247. The summed E-state index contributed by atoms with van der Waals surface area (Å²) < 4.78 is 0. The van der Waals surface area contributed by atoms with Crippen molar-refractivity contribution < 1.29 is 14.7 Å². The molecule has 3 heteroatoms. The highest BCUT2D eigenvalue weighted by molar-refractivity contribution is 6.02. The van der Waals surface area contributed by atoms with Crippen LogP contribution in [0.15, 0.2) is 23.3 Å². The van der Waals surface area contributed by atoms with Crippen LogP contribution in [0.4, 0.5) is 0 Å². The van der Waals surface area contributed by atoms with Crippen molar-refractivity contribution in [2.75, 3.05) is 6.61 Å². The van der Waals surface area contributed by atoms with Crippen LogP contribution in [0, 0.1) is 28.6 Å². The molecule has 0 aliphatic heterocycles. The van der Waals surface area contributed by atoms with E-state index in [-0.39, 0.29) is 23.2 Å². The molecule has 0 bridgehead atoms. The van der Waals surface area contributed by atoms with Gasteiger partial charge in [0.15, 0.2) is 5.78 Å². The molecule has 4 aliphatic carbocycles. The maximum Gasteiger partial charge on any atom is 0.178 e. The number of hydrogen-bond donors (Lipinski definition) is 1. The Morgan fingerprint density at radius 3 is 2.61 bits per heavy atom. The van der Waals surface area contributed by atoms with Crippen LogP contribution < -0.4 is 0 Å². The fraction of sp³-hybridized carbons (Fsp3) is 0.700. The highest BCUT2D eigenvalue weighted by Crippen LogP contribution is 2.64. The monoisotopic (exact) mass is 314 g/mol. The predicted molar refractivity (Wildman–Crippen MR) is 87.7 cm³/mol. The lowest BCUT2D eigenvalue weighted by molar-refractivity contribution is -0.131. The van der Waals surface area contributed by atoms with Crippen LogP contribution in [0.3, 0.4) is 0 Å². The van der Waals surface area contributed by atoms with Gasteiger partial charge in [0.2, 0.25) is 0 Å². The molecule has 5 atom stereocenters. The minimum atomic E-state index is -0.182. The first-order chi connectivity index (χ1) is 10.9. The van der Waals surface area contributed by atoms with E-state index in [4.69, 9.17) is 0 Å². The predicted octanol–water partition coefficient (Wildman–Crippen LogP) is 3.23. The van der Waals surface area contributed by atoms with E-state index in [1.165, 1.54) is 5.57 Å². The first-order valence-corrected chi connectivity index (χ1v) is 9.01. The smallest absolute Gasteiger partial charge is 0.178 e. The third kappa shape index (κ3) is 1.86. The summed E-state index contributed by atoms with van der Waals surface area (Å²) in [5, 5.41) is 9.88. The summed E-state index contributed by atoms with van der Waals surface area (Å²) in [5.41, 5.74) is 1.80. The van der Waals surface area contributed by atoms with Gasteiger partial charge in [0.25, 0.3) is 0 Å². The van der Waals surface area contributed by atoms with Crippen molar-refractivity contribution in [3.63, 3.8) is 0 Å². The molecule has 4 aliphatic rings. The Morgan fingerprint density at radius 2 is 1.87 bits per heavy atom. The molecular formula is C20H26O3. The zero-order valence-electron chi connectivity index (χ0n) is 14.1. The van der Waals surface area contributed by atoms with Crippen LogP contribution in [0.2, 0.25) is 0 Å². The number of aliphatic hydroxyl groups is 1. The van der Waals surface area contributed by atoms with E-state index in [1.807, 2.05) is 6.08 Å². The third-order valence-electron chi connectivity index (χ3n) is 7.77. The average molecular weight is 314 g/mol. The quantitative estimate of drug-likeness (QED) is 0.808. The van der Waals surface area contributed by atoms with Crippen molar-refractivity contribution in [2.45, 2.75) is 52.4 Å². The molecule has 3 fully saturated rings. The van der Waals surface area contributed by atoms with Crippen LogP contribution in [0.25, 0.3) is 0 Å². The maximum atomic E-state index is 12.4. The van der Waals surface area contributed by atoms with Crippen LogP contribution in [-0.2, 0) is 9.59 Å². The first kappa shape index (κ1) is 15.3. The SMILES string of the molecule is CC12CCC3C(CCC4=CC(=O)C=C(CO)C43C)C1CCC2=O. The Balaban J connectivity index is 1.76. The molecule has 0 heterocycles. The molecule has 0 amide bonds. The normalized spacial score (nSPS) is 45.8. The van der Waals surface area contributed by atoms with Gasteiger partial charge in [0.1, 0.15) is 5.78 Å². The summed E-state index contributed by atoms with van der Waals surface area (Å²) in [7, 11) is 0. The average Bonchev–Trinajstić information content (AvgIpc) is 2.83. The van der Waals surface area contributed by atoms with Crippen LogP contribution >= 0.6 is 0 Å². The summed E-state index contributed by atoms with van der Waals surface area (Å²) >= 11 is 0. The van der Waals surface area contributed by atoms with Crippen molar-refractivity contribution in [1.82, 2.24) is 0 Å². The van der Waals surface area contributed by atoms with Crippen molar-refractivity contribution in [1.29, 1.82) is 0 Å². The van der Waals surface area contributed by atoms with Gasteiger partial charge in [-0.05, 0) is 67.6 Å². The van der Waals surface area contributed by atoms with Crippen molar-refractivity contribution in [3.8, 4) is 0 Å². The lowest BCUT2D eigenvalue weighted by Gasteiger charge is -2.57. The minimum Gasteiger partial charge on any atom is -0.392 e. The molecule has 3 saturated carbocycles. The van der Waals surface area contributed by atoms with Gasteiger partial charge in [-0.1, -0.05) is 19.4 Å². The molecule has 4 rings (SSSR count). The van der Waals surface area contributed by atoms with E-state index >= 15 is 0 Å². The Morgan fingerprint density at radius 1 is 1.09 bits per heavy atom. The summed E-state index contributed by atoms with van der Waals surface area (Å²) in [6.07, 6.45) is 9.25. The Kier molecular flexibility index (Phi) is 3.26. The van der Waals surface area contributed by atoms with Gasteiger partial charge in [0, 0.05) is 17.3 Å². The van der Waals surface area contributed by atoms with Crippen LogP contribution in [-0.4, -0.2) is 23.3 Å². The van der Waals surface area contributed by atoms with Gasteiger partial charge < -0.3 is 5.11 Å². The molecule has 124 valence electrons. The fourth-order valence-electron chi connectivity index (χ4n) is 6.41. The molecule has 0 saturated heterocycles. The molecule has 0 aromatic heterocycles. The fourth-order valence-corrected chi connectivity index (χ4v) is 6.41. The number of carbonyl (C=O) groups excluding carboxylic acids is 2. The lowest BCUT2D eigenvalue weighted by Crippen LogP contribution is -2.51. The number of aliphatic hydroxyl groups excluding tert-OH is 1. The van der Waals surface area contributed by atoms with Gasteiger partial charge >= 0.3 is 0 Å². The summed E-state index contributed by atoms with van der Waals surface area (Å²) in [6.45, 7) is 4.37. The van der Waals surface area contributed by atoms with Crippen LogP contribution in [0.1, 0.15) is 52.4 Å². The topological polar surface area (TPSA) is 54.4 Å². The molecule has 0 aromatic carbocycles. The zero-order valence-corrected chi connectivity index (χ0v) is 14.1. The van der Waals surface area contributed by atoms with Gasteiger partial charge in [0.05, 0.1) is 6.61 Å². The zero-order chi connectivity index (χ0) is 16.4. The number of ketones is 2. The van der Waals surface area contributed by atoms with Crippen molar-refractivity contribution >= 4 is 11.6 Å². The maximum absolute atomic E-state index is 12.4. The molecule has 3 nitrogen and oxygen atoms in total. The molecule has 0 spiro atoms. The molecular weight excluding hydrogens is 288 g/mol. The lowest BCUT2D eigenvalue weighted by atomic mass is 9.47. The van der Waals surface area contributed by atoms with Crippen LogP contribution in [0.5, 0.6) is 0 Å². The summed E-state index contributed by atoms with van der Waals surface area (Å²) in [4.78, 5) is 24.4. The van der Waals surface area contributed by atoms with E-state index < -0.39 is 0 Å². The van der Waals surface area contributed by atoms with Crippen molar-refractivity contribution in [3.05, 3.63) is 23.3 Å². The molecule has 5 unspecified atom stereocenters. The Labute approximate surface area is 137 Å². The second-order valence-electron chi connectivity index (χ2n) is 8.44. The Hall–Kier alpha value is -1.22. The van der Waals surface area contributed by atoms with Gasteiger partial charge in [-0.2, -0.15) is 0 Å². The van der Waals surface area contributed by atoms with Gasteiger partial charge in [-0.15, -0.1) is 0 Å². The van der Waals surface area contributed by atoms with E-state index in [1.54, 1.807) is 6.08 Å². The molecule has 1 N–H and O–H groups in total. The number of Topliss-reactive ketones (excluding diaryl/α,β-unsaturated/α-hetero) is 1. The van der Waals surface area contributed by atoms with E-state index in [2.05, 4.69) is 13.8 Å². The first-order valence-electron chi connectivity index (χ1n) is 9.01. The Bertz CT molecular complexity index is 625. The third-order valence-corrected chi connectivity index (χ3v) is 7.77. The van der Waals surface area contributed by atoms with Crippen molar-refractivity contribution in [2.24, 2.45) is 28.6 Å². The summed E-state index contributed by atoms with van der Waals surface area (Å²) in [6, 6.07) is 0. The van der Waals surface area contributed by atoms with E-state index in [0.29, 0.717) is 23.5 Å². The second kappa shape index (κ2) is 4.89. The summed E-state index contributed by atoms with van der Waals surface area (Å²) in [5.74, 6) is 1.98. The molecule has 0 radical (unpaired) electrons. The highest BCUT2D eigenvalue weighted by atomic mass is 16.3. The number of hydrogen-bond acceptors (Lipinski definition) is 3. The standard InChI is InChI=1S/C20H26O3/c1-19-8-7-17-15(16(19)5-6-18(19)23)4-3-12-9-14(22)10-13(11-21)20(12,17)2/h9-10,15-17,21H,3-8,11H2,1-2H3.